The van der Waals surface area contributed by atoms with E-state index in [1.807, 2.05) is 0 Å². The van der Waals surface area contributed by atoms with E-state index in [4.69, 9.17) is 14.9 Å². The first kappa shape index (κ1) is 12.2. The van der Waals surface area contributed by atoms with Crippen LogP contribution in [0, 0.1) is 0 Å². The van der Waals surface area contributed by atoms with Gasteiger partial charge in [-0.2, -0.15) is 0 Å². The normalized spacial score (nSPS) is 12.7. The van der Waals surface area contributed by atoms with Gasteiger partial charge in [-0.3, -0.25) is 4.57 Å². The number of benzene rings is 1. The number of phenols is 1. The predicted molar refractivity (Wildman–Crippen MR) is 52.2 cm³/mol. The molecule has 0 unspecified atom stereocenters. The molecule has 0 aromatic heterocycles. The fourth-order valence-corrected chi connectivity index (χ4v) is 3.93. The lowest BCUT2D eigenvalue weighted by Gasteiger charge is -2.05. The first-order valence-corrected chi connectivity index (χ1v) is 7.22. The van der Waals surface area contributed by atoms with Crippen LogP contribution >= 0.6 is 7.60 Å². The number of aromatic hydroxyl groups is 1. The van der Waals surface area contributed by atoms with Gasteiger partial charge in [0.15, 0.2) is 15.3 Å². The molecule has 0 bridgehead atoms. The molecule has 0 aliphatic heterocycles. The first-order valence-electron chi connectivity index (χ1n) is 3.77. The highest BCUT2D eigenvalue weighted by Gasteiger charge is 2.26. The van der Waals surface area contributed by atoms with Crippen molar-refractivity contribution in [1.29, 1.82) is 0 Å². The molecule has 0 saturated carbocycles. The average Bonchev–Trinajstić information content (AvgIpc) is 1.99. The second-order valence-electron chi connectivity index (χ2n) is 2.91. The summed E-state index contributed by atoms with van der Waals surface area (Å²) in [7, 11) is -8.70. The fraction of sp³-hybridized carbons (Fsp3) is 0.143. The molecule has 8 heteroatoms. The first-order chi connectivity index (χ1) is 6.71. The Bertz CT molecular complexity index is 502. The molecule has 0 spiro atoms. The van der Waals surface area contributed by atoms with E-state index < -0.39 is 22.9 Å². The van der Waals surface area contributed by atoms with Crippen molar-refractivity contribution in [3.63, 3.8) is 0 Å². The van der Waals surface area contributed by atoms with Crippen molar-refractivity contribution < 1.29 is 27.9 Å². The van der Waals surface area contributed by atoms with E-state index in [1.54, 1.807) is 0 Å². The Morgan fingerprint density at radius 2 is 1.87 bits per heavy atom. The van der Waals surface area contributed by atoms with Crippen LogP contribution in [0.5, 0.6) is 5.75 Å². The smallest absolute Gasteiger partial charge is 0.340 e. The highest BCUT2D eigenvalue weighted by atomic mass is 32.2. The zero-order valence-electron chi connectivity index (χ0n) is 7.44. The van der Waals surface area contributed by atoms with Gasteiger partial charge in [-0.25, -0.2) is 8.42 Å². The van der Waals surface area contributed by atoms with Crippen LogP contribution in [0.3, 0.4) is 0 Å². The fourth-order valence-electron chi connectivity index (χ4n) is 0.973. The van der Waals surface area contributed by atoms with Crippen LogP contribution < -0.4 is 0 Å². The Morgan fingerprint density at radius 3 is 2.33 bits per heavy atom. The summed E-state index contributed by atoms with van der Waals surface area (Å²) in [5, 5.41) is 9.02. The molecular weight excluding hydrogens is 243 g/mol. The van der Waals surface area contributed by atoms with E-state index in [0.29, 0.717) is 0 Å². The number of phenolic OH excluding ortho intramolecular Hbond substituents is 1. The van der Waals surface area contributed by atoms with Crippen LogP contribution in [0.2, 0.25) is 0 Å². The molecule has 0 aliphatic carbocycles. The largest absolute Gasteiger partial charge is 0.508 e. The molecular formula is C7H9O6PS. The van der Waals surface area contributed by atoms with E-state index >= 15 is 0 Å². The third-order valence-electron chi connectivity index (χ3n) is 1.51. The van der Waals surface area contributed by atoms with Gasteiger partial charge in [0.25, 0.3) is 0 Å². The molecule has 1 aromatic rings. The second-order valence-corrected chi connectivity index (χ2v) is 6.97. The molecule has 0 atom stereocenters. The molecule has 6 nitrogen and oxygen atoms in total. The van der Waals surface area contributed by atoms with Crippen LogP contribution in [0.15, 0.2) is 29.2 Å². The third kappa shape index (κ3) is 3.64. The molecule has 0 aliphatic rings. The number of sulfone groups is 1. The zero-order chi connectivity index (χ0) is 11.7. The summed E-state index contributed by atoms with van der Waals surface area (Å²) in [6.45, 7) is 0. The Hall–Kier alpha value is -0.880. The summed E-state index contributed by atoms with van der Waals surface area (Å²) in [5.41, 5.74) is -1.26. The minimum atomic E-state index is -4.64. The van der Waals surface area contributed by atoms with E-state index in [-0.39, 0.29) is 10.6 Å². The van der Waals surface area contributed by atoms with Crippen LogP contribution in [0.4, 0.5) is 0 Å². The lowest BCUT2D eigenvalue weighted by atomic mass is 10.3. The summed E-state index contributed by atoms with van der Waals surface area (Å²) in [6.07, 6.45) is 0. The van der Waals surface area contributed by atoms with E-state index in [0.717, 1.165) is 12.1 Å². The summed E-state index contributed by atoms with van der Waals surface area (Å²) in [5.74, 6) is -0.276. The van der Waals surface area contributed by atoms with Crippen LogP contribution in [0.1, 0.15) is 0 Å². The van der Waals surface area contributed by atoms with Gasteiger partial charge in [-0.05, 0) is 18.2 Å². The van der Waals surface area contributed by atoms with E-state index in [2.05, 4.69) is 0 Å². The van der Waals surface area contributed by atoms with Gasteiger partial charge in [0.05, 0.1) is 4.90 Å². The monoisotopic (exact) mass is 252 g/mol. The molecule has 1 aromatic carbocycles. The average molecular weight is 252 g/mol. The van der Waals surface area contributed by atoms with E-state index in [1.165, 1.54) is 12.1 Å². The predicted octanol–water partition coefficient (Wildman–Crippen LogP) is 0.301. The maximum absolute atomic E-state index is 11.4. The Kier molecular flexibility index (Phi) is 3.20. The van der Waals surface area contributed by atoms with Crippen molar-refractivity contribution in [3.8, 4) is 5.75 Å². The van der Waals surface area contributed by atoms with Crippen molar-refractivity contribution in [2.24, 2.45) is 0 Å². The van der Waals surface area contributed by atoms with Crippen LogP contribution in [-0.4, -0.2) is 28.8 Å². The molecule has 0 amide bonds. The molecule has 3 N–H and O–H groups in total. The Morgan fingerprint density at radius 1 is 1.27 bits per heavy atom. The van der Waals surface area contributed by atoms with Gasteiger partial charge in [0, 0.05) is 0 Å². The lowest BCUT2D eigenvalue weighted by Crippen LogP contribution is -2.06. The molecule has 0 radical (unpaired) electrons. The molecule has 0 heterocycles. The van der Waals surface area contributed by atoms with E-state index in [9.17, 15) is 13.0 Å². The highest BCUT2D eigenvalue weighted by molar-refractivity contribution is 7.97. The maximum Gasteiger partial charge on any atom is 0.340 e. The number of hydrogen-bond donors (Lipinski definition) is 3. The molecule has 1 rings (SSSR count). The topological polar surface area (TPSA) is 112 Å². The molecule has 0 saturated heterocycles. The maximum atomic E-state index is 11.4. The van der Waals surface area contributed by atoms with Crippen molar-refractivity contribution in [2.75, 3.05) is 5.49 Å². The second kappa shape index (κ2) is 3.94. The van der Waals surface area contributed by atoms with Gasteiger partial charge >= 0.3 is 7.60 Å². The summed E-state index contributed by atoms with van der Waals surface area (Å²) in [4.78, 5) is 16.8. The highest BCUT2D eigenvalue weighted by Crippen LogP contribution is 2.38. The lowest BCUT2D eigenvalue weighted by molar-refractivity contribution is 0.378. The van der Waals surface area contributed by atoms with Crippen molar-refractivity contribution >= 4 is 17.4 Å². The summed E-state index contributed by atoms with van der Waals surface area (Å²) in [6, 6.07) is 4.63. The molecule has 15 heavy (non-hydrogen) atoms. The minimum Gasteiger partial charge on any atom is -0.508 e. The summed E-state index contributed by atoms with van der Waals surface area (Å²) < 4.78 is 33.4. The van der Waals surface area contributed by atoms with Crippen LogP contribution in [-0.2, 0) is 14.4 Å². The number of hydrogen-bond acceptors (Lipinski definition) is 4. The van der Waals surface area contributed by atoms with Gasteiger partial charge in [0.2, 0.25) is 0 Å². The van der Waals surface area contributed by atoms with Crippen molar-refractivity contribution in [3.05, 3.63) is 24.3 Å². The zero-order valence-corrected chi connectivity index (χ0v) is 9.15. The van der Waals surface area contributed by atoms with Crippen molar-refractivity contribution in [1.82, 2.24) is 0 Å². The van der Waals surface area contributed by atoms with Gasteiger partial charge in [-0.15, -0.1) is 0 Å². The van der Waals surface area contributed by atoms with Crippen LogP contribution in [0.25, 0.3) is 0 Å². The quantitative estimate of drug-likeness (QED) is 0.667. The summed E-state index contributed by atoms with van der Waals surface area (Å²) >= 11 is 0. The third-order valence-corrected chi connectivity index (χ3v) is 5.19. The van der Waals surface area contributed by atoms with Crippen molar-refractivity contribution in [2.45, 2.75) is 4.90 Å². The Labute approximate surface area is 86.3 Å². The standard InChI is InChI=1S/C7H9O6PS/c8-6-2-1-3-7(4-6)15(12,13)5-14(9,10)11/h1-4,8H,5H2,(H2,9,10,11). The number of rotatable bonds is 3. The Balaban J connectivity index is 3.13. The molecule has 0 fully saturated rings. The minimum absolute atomic E-state index is 0.276. The van der Waals surface area contributed by atoms with Gasteiger partial charge in [0.1, 0.15) is 5.75 Å². The van der Waals surface area contributed by atoms with Gasteiger partial charge < -0.3 is 14.9 Å². The molecule has 84 valence electrons. The SMILES string of the molecule is O=P(O)(O)CS(=O)(=O)c1cccc(O)c1. The van der Waals surface area contributed by atoms with Gasteiger partial charge in [-0.1, -0.05) is 6.07 Å².